The van der Waals surface area contributed by atoms with Crippen molar-refractivity contribution in [2.24, 2.45) is 0 Å². The summed E-state index contributed by atoms with van der Waals surface area (Å²) >= 11 is 0. The number of hydrogen-bond acceptors (Lipinski definition) is 6. The molecule has 0 heterocycles. The molecule has 0 aromatic heterocycles. The topological polar surface area (TPSA) is 122 Å². The third-order valence-electron chi connectivity index (χ3n) is 2.72. The molecule has 2 rings (SSSR count). The second-order valence-corrected chi connectivity index (χ2v) is 4.19. The SMILES string of the molecule is Nc1cc(COc2cccc([N+](=O)[O-])c2)ccc1[N+](=O)[O-]. The average Bonchev–Trinajstić information content (AvgIpc) is 2.45. The Hall–Kier alpha value is -3.16. The molecule has 2 N–H and O–H groups in total. The number of rotatable bonds is 5. The fraction of sp³-hybridized carbons (Fsp3) is 0.0769. The van der Waals surface area contributed by atoms with Crippen molar-refractivity contribution in [2.45, 2.75) is 6.61 Å². The van der Waals surface area contributed by atoms with Gasteiger partial charge in [-0.15, -0.1) is 0 Å². The van der Waals surface area contributed by atoms with Gasteiger partial charge in [-0.1, -0.05) is 6.07 Å². The lowest BCUT2D eigenvalue weighted by atomic mass is 10.2. The van der Waals surface area contributed by atoms with Gasteiger partial charge >= 0.3 is 0 Å². The van der Waals surface area contributed by atoms with Gasteiger partial charge in [-0.25, -0.2) is 0 Å². The molecule has 0 bridgehead atoms. The van der Waals surface area contributed by atoms with Gasteiger partial charge in [0.05, 0.1) is 15.9 Å². The van der Waals surface area contributed by atoms with Gasteiger partial charge in [0, 0.05) is 12.1 Å². The number of ether oxygens (including phenoxy) is 1. The van der Waals surface area contributed by atoms with E-state index in [1.54, 1.807) is 6.07 Å². The molecule has 108 valence electrons. The minimum Gasteiger partial charge on any atom is -0.489 e. The third-order valence-corrected chi connectivity index (χ3v) is 2.72. The number of benzene rings is 2. The molecule has 0 unspecified atom stereocenters. The third kappa shape index (κ3) is 3.44. The number of nitrogen functional groups attached to an aromatic ring is 1. The number of anilines is 1. The van der Waals surface area contributed by atoms with Crippen molar-refractivity contribution < 1.29 is 14.6 Å². The van der Waals surface area contributed by atoms with E-state index in [1.165, 1.54) is 36.4 Å². The molecule has 0 atom stereocenters. The Balaban J connectivity index is 2.10. The first-order valence-electron chi connectivity index (χ1n) is 5.87. The summed E-state index contributed by atoms with van der Waals surface area (Å²) in [5.74, 6) is 0.334. The van der Waals surface area contributed by atoms with Crippen molar-refractivity contribution in [3.8, 4) is 5.75 Å². The van der Waals surface area contributed by atoms with E-state index in [1.807, 2.05) is 0 Å². The highest BCUT2D eigenvalue weighted by Crippen LogP contribution is 2.24. The van der Waals surface area contributed by atoms with Crippen LogP contribution >= 0.6 is 0 Å². The van der Waals surface area contributed by atoms with Gasteiger partial charge < -0.3 is 10.5 Å². The minimum absolute atomic E-state index is 0.0418. The number of non-ortho nitro benzene ring substituents is 1. The maximum absolute atomic E-state index is 10.6. The zero-order chi connectivity index (χ0) is 15.4. The zero-order valence-electron chi connectivity index (χ0n) is 10.8. The Morgan fingerprint density at radius 1 is 1.05 bits per heavy atom. The van der Waals surface area contributed by atoms with Crippen LogP contribution in [0.4, 0.5) is 17.1 Å². The van der Waals surface area contributed by atoms with Crippen molar-refractivity contribution in [1.82, 2.24) is 0 Å². The van der Waals surface area contributed by atoms with Crippen LogP contribution in [0.3, 0.4) is 0 Å². The molecule has 8 heteroatoms. The second-order valence-electron chi connectivity index (χ2n) is 4.19. The molecule has 8 nitrogen and oxygen atoms in total. The predicted molar refractivity (Wildman–Crippen MR) is 74.9 cm³/mol. The van der Waals surface area contributed by atoms with Crippen LogP contribution in [0.15, 0.2) is 42.5 Å². The summed E-state index contributed by atoms with van der Waals surface area (Å²) in [7, 11) is 0. The van der Waals surface area contributed by atoms with Gasteiger partial charge in [0.2, 0.25) is 0 Å². The minimum atomic E-state index is -0.569. The van der Waals surface area contributed by atoms with Crippen LogP contribution in [0.25, 0.3) is 0 Å². The summed E-state index contributed by atoms with van der Waals surface area (Å²) in [6, 6.07) is 10.0. The highest BCUT2D eigenvalue weighted by Gasteiger charge is 2.11. The van der Waals surface area contributed by atoms with Crippen molar-refractivity contribution in [2.75, 3.05) is 5.73 Å². The van der Waals surface area contributed by atoms with Gasteiger partial charge in [0.15, 0.2) is 0 Å². The van der Waals surface area contributed by atoms with Crippen LogP contribution in [0, 0.1) is 20.2 Å². The van der Waals surface area contributed by atoms with Crippen molar-refractivity contribution in [3.63, 3.8) is 0 Å². The molecule has 21 heavy (non-hydrogen) atoms. The number of hydrogen-bond donors (Lipinski definition) is 1. The van der Waals surface area contributed by atoms with Crippen molar-refractivity contribution in [3.05, 3.63) is 68.3 Å². The predicted octanol–water partition coefficient (Wildman–Crippen LogP) is 2.66. The van der Waals surface area contributed by atoms with Gasteiger partial charge in [-0.05, 0) is 23.8 Å². The molecule has 0 radical (unpaired) electrons. The Morgan fingerprint density at radius 3 is 2.43 bits per heavy atom. The molecule has 0 spiro atoms. The number of nitrogens with zero attached hydrogens (tertiary/aromatic N) is 2. The Bertz CT molecular complexity index is 702. The molecule has 0 aliphatic carbocycles. The summed E-state index contributed by atoms with van der Waals surface area (Å²) < 4.78 is 5.41. The summed E-state index contributed by atoms with van der Waals surface area (Å²) in [6.07, 6.45) is 0. The quantitative estimate of drug-likeness (QED) is 0.513. The fourth-order valence-electron chi connectivity index (χ4n) is 1.71. The zero-order valence-corrected chi connectivity index (χ0v) is 10.8. The molecule has 0 saturated carbocycles. The molecule has 0 fully saturated rings. The lowest BCUT2D eigenvalue weighted by Gasteiger charge is -2.07. The van der Waals surface area contributed by atoms with Crippen molar-refractivity contribution >= 4 is 17.1 Å². The van der Waals surface area contributed by atoms with Crippen LogP contribution in [0.2, 0.25) is 0 Å². The summed E-state index contributed by atoms with van der Waals surface area (Å²) in [5, 5.41) is 21.3. The largest absolute Gasteiger partial charge is 0.489 e. The Morgan fingerprint density at radius 2 is 1.81 bits per heavy atom. The van der Waals surface area contributed by atoms with Gasteiger partial charge in [-0.3, -0.25) is 20.2 Å². The lowest BCUT2D eigenvalue weighted by molar-refractivity contribution is -0.385. The van der Waals surface area contributed by atoms with E-state index in [0.29, 0.717) is 11.3 Å². The highest BCUT2D eigenvalue weighted by molar-refractivity contribution is 5.59. The first-order chi connectivity index (χ1) is 9.97. The molecule has 0 saturated heterocycles. The van der Waals surface area contributed by atoms with E-state index >= 15 is 0 Å². The summed E-state index contributed by atoms with van der Waals surface area (Å²) in [5.41, 5.74) is 5.99. The van der Waals surface area contributed by atoms with Gasteiger partial charge in [0.1, 0.15) is 18.0 Å². The molecule has 2 aromatic rings. The fourth-order valence-corrected chi connectivity index (χ4v) is 1.71. The second kappa shape index (κ2) is 5.87. The van der Waals surface area contributed by atoms with E-state index in [-0.39, 0.29) is 23.7 Å². The lowest BCUT2D eigenvalue weighted by Crippen LogP contribution is -2.00. The van der Waals surface area contributed by atoms with Crippen LogP contribution in [0.1, 0.15) is 5.56 Å². The van der Waals surface area contributed by atoms with Gasteiger partial charge in [-0.2, -0.15) is 0 Å². The molecule has 0 aliphatic rings. The van der Waals surface area contributed by atoms with Crippen LogP contribution < -0.4 is 10.5 Å². The van der Waals surface area contributed by atoms with Crippen LogP contribution in [-0.2, 0) is 6.61 Å². The molecular formula is C13H11N3O5. The molecule has 0 aliphatic heterocycles. The van der Waals surface area contributed by atoms with Gasteiger partial charge in [0.25, 0.3) is 11.4 Å². The van der Waals surface area contributed by atoms with E-state index in [4.69, 9.17) is 10.5 Å². The number of nitro groups is 2. The van der Waals surface area contributed by atoms with E-state index in [9.17, 15) is 20.2 Å². The van der Waals surface area contributed by atoms with E-state index < -0.39 is 9.85 Å². The highest BCUT2D eigenvalue weighted by atomic mass is 16.6. The molecule has 0 amide bonds. The summed E-state index contributed by atoms with van der Waals surface area (Å²) in [6.45, 7) is 0.101. The Labute approximate surface area is 119 Å². The Kier molecular flexibility index (Phi) is 3.98. The monoisotopic (exact) mass is 289 g/mol. The average molecular weight is 289 g/mol. The van der Waals surface area contributed by atoms with Crippen LogP contribution in [0.5, 0.6) is 5.75 Å². The maximum Gasteiger partial charge on any atom is 0.292 e. The smallest absolute Gasteiger partial charge is 0.292 e. The molecular weight excluding hydrogens is 278 g/mol. The first-order valence-corrected chi connectivity index (χ1v) is 5.87. The summed E-state index contributed by atoms with van der Waals surface area (Å²) in [4.78, 5) is 20.2. The first kappa shape index (κ1) is 14.3. The molecule has 2 aromatic carbocycles. The normalized spacial score (nSPS) is 10.1. The maximum atomic E-state index is 10.6. The standard InChI is InChI=1S/C13H11N3O5/c14-12-6-9(4-5-13(12)16(19)20)8-21-11-3-1-2-10(7-11)15(17)18/h1-7H,8,14H2. The van der Waals surface area contributed by atoms with Crippen molar-refractivity contribution in [1.29, 1.82) is 0 Å². The van der Waals surface area contributed by atoms with E-state index in [0.717, 1.165) is 0 Å². The van der Waals surface area contributed by atoms with E-state index in [2.05, 4.69) is 0 Å². The number of nitro benzene ring substituents is 2. The van der Waals surface area contributed by atoms with Crippen LogP contribution in [-0.4, -0.2) is 9.85 Å². The number of nitrogens with two attached hydrogens (primary N) is 1.